The Kier molecular flexibility index (Phi) is 3.31. The normalized spacial score (nSPS) is 23.8. The van der Waals surface area contributed by atoms with Gasteiger partial charge >= 0.3 is 0 Å². The largest absolute Gasteiger partial charge is 0.285 e. The van der Waals surface area contributed by atoms with Crippen LogP contribution in [-0.4, -0.2) is 12.3 Å². The minimum atomic E-state index is 0.282. The zero-order valence-electron chi connectivity index (χ0n) is 7.49. The lowest BCUT2D eigenvalue weighted by atomic mass is 10.1. The van der Waals surface area contributed by atoms with Crippen molar-refractivity contribution < 1.29 is 0 Å². The third-order valence-electron chi connectivity index (χ3n) is 1.71. The number of hydrogen-bond acceptors (Lipinski definition) is 1. The Hall–Kier alpha value is -1.33. The molecule has 0 aromatic carbocycles. The molecule has 0 aromatic heterocycles. The van der Waals surface area contributed by atoms with Crippen LogP contribution in [0.1, 0.15) is 13.8 Å². The maximum Gasteiger partial charge on any atom is 0.0721 e. The van der Waals surface area contributed by atoms with Gasteiger partial charge < -0.3 is 0 Å². The van der Waals surface area contributed by atoms with E-state index in [1.54, 1.807) is 0 Å². The van der Waals surface area contributed by atoms with Gasteiger partial charge in [-0.1, -0.05) is 6.08 Å². The summed E-state index contributed by atoms with van der Waals surface area (Å²) >= 11 is 0. The summed E-state index contributed by atoms with van der Waals surface area (Å²) in [6.45, 7) is 4.03. The van der Waals surface area contributed by atoms with Gasteiger partial charge in [-0.25, -0.2) is 0 Å². The van der Waals surface area contributed by atoms with Gasteiger partial charge in [0.15, 0.2) is 0 Å². The van der Waals surface area contributed by atoms with E-state index in [1.807, 2.05) is 37.4 Å². The molecule has 0 fully saturated rings. The van der Waals surface area contributed by atoms with Crippen LogP contribution in [0, 0.1) is 0 Å². The first-order valence-electron chi connectivity index (χ1n) is 4.11. The first kappa shape index (κ1) is 8.76. The number of aliphatic imine (C=N–C) groups is 1. The van der Waals surface area contributed by atoms with Crippen LogP contribution in [-0.2, 0) is 0 Å². The average Bonchev–Trinajstić information content (AvgIpc) is 2.09. The van der Waals surface area contributed by atoms with Crippen LogP contribution in [0.5, 0.6) is 0 Å². The van der Waals surface area contributed by atoms with E-state index in [0.717, 1.165) is 0 Å². The molecule has 0 aliphatic carbocycles. The topological polar surface area (TPSA) is 12.4 Å². The third kappa shape index (κ3) is 2.37. The SMILES string of the molecule is CC=C=CC=C1C=CC=NC1C. The molecule has 0 N–H and O–H groups in total. The number of allylic oxidation sites excluding steroid dienone is 3. The second-order valence-corrected chi connectivity index (χ2v) is 2.62. The first-order valence-corrected chi connectivity index (χ1v) is 4.11. The van der Waals surface area contributed by atoms with Gasteiger partial charge in [-0.2, -0.15) is 0 Å². The maximum atomic E-state index is 4.25. The molecular weight excluding hydrogens is 146 g/mol. The molecule has 1 rings (SSSR count). The molecular formula is C11H13N. The molecule has 1 heterocycles. The number of dihydropyridines is 1. The number of rotatable bonds is 1. The van der Waals surface area contributed by atoms with Crippen molar-refractivity contribution in [2.45, 2.75) is 19.9 Å². The van der Waals surface area contributed by atoms with Crippen molar-refractivity contribution in [1.82, 2.24) is 0 Å². The zero-order chi connectivity index (χ0) is 8.81. The fourth-order valence-electron chi connectivity index (χ4n) is 0.994. The summed E-state index contributed by atoms with van der Waals surface area (Å²) in [5, 5.41) is 0. The Labute approximate surface area is 73.5 Å². The summed E-state index contributed by atoms with van der Waals surface area (Å²) in [7, 11) is 0. The van der Waals surface area contributed by atoms with Crippen molar-refractivity contribution in [3.8, 4) is 0 Å². The van der Waals surface area contributed by atoms with Gasteiger partial charge in [-0.3, -0.25) is 4.99 Å². The highest BCUT2D eigenvalue weighted by Crippen LogP contribution is 2.10. The van der Waals surface area contributed by atoms with Gasteiger partial charge in [0.05, 0.1) is 6.04 Å². The Morgan fingerprint density at radius 1 is 1.58 bits per heavy atom. The van der Waals surface area contributed by atoms with Crippen LogP contribution >= 0.6 is 0 Å². The van der Waals surface area contributed by atoms with Crippen LogP contribution in [0.15, 0.2) is 46.7 Å². The predicted octanol–water partition coefficient (Wildman–Crippen LogP) is 2.67. The molecule has 1 atom stereocenters. The lowest BCUT2D eigenvalue weighted by Gasteiger charge is -2.08. The first-order chi connectivity index (χ1) is 5.84. The molecule has 0 saturated heterocycles. The second kappa shape index (κ2) is 4.53. The highest BCUT2D eigenvalue weighted by molar-refractivity contribution is 5.74. The summed E-state index contributed by atoms with van der Waals surface area (Å²) in [5.74, 6) is 0. The van der Waals surface area contributed by atoms with Gasteiger partial charge in [-0.05, 0) is 43.7 Å². The van der Waals surface area contributed by atoms with E-state index in [0.29, 0.717) is 0 Å². The molecule has 1 heteroatoms. The van der Waals surface area contributed by atoms with E-state index in [1.165, 1.54) is 5.57 Å². The molecule has 0 bridgehead atoms. The average molecular weight is 159 g/mol. The lowest BCUT2D eigenvalue weighted by Crippen LogP contribution is -2.03. The van der Waals surface area contributed by atoms with Crippen LogP contribution in [0.4, 0.5) is 0 Å². The zero-order valence-corrected chi connectivity index (χ0v) is 7.49. The van der Waals surface area contributed by atoms with E-state index >= 15 is 0 Å². The quantitative estimate of drug-likeness (QED) is 0.521. The second-order valence-electron chi connectivity index (χ2n) is 2.62. The molecule has 0 radical (unpaired) electrons. The smallest absolute Gasteiger partial charge is 0.0721 e. The summed E-state index contributed by atoms with van der Waals surface area (Å²) in [6.07, 6.45) is 11.7. The Morgan fingerprint density at radius 3 is 3.08 bits per heavy atom. The number of nitrogens with zero attached hydrogens (tertiary/aromatic N) is 1. The van der Waals surface area contributed by atoms with Crippen LogP contribution in [0.2, 0.25) is 0 Å². The van der Waals surface area contributed by atoms with Gasteiger partial charge in [0.1, 0.15) is 0 Å². The standard InChI is InChI=1S/C11H13N/c1-3-4-5-7-11-8-6-9-12-10(11)2/h3,5-10H,1-2H3. The van der Waals surface area contributed by atoms with Crippen molar-refractivity contribution in [3.05, 3.63) is 41.7 Å². The highest BCUT2D eigenvalue weighted by Gasteiger charge is 2.03. The molecule has 0 aromatic rings. The van der Waals surface area contributed by atoms with Crippen molar-refractivity contribution in [2.75, 3.05) is 0 Å². The Bertz CT molecular complexity index is 286. The van der Waals surface area contributed by atoms with Gasteiger partial charge in [0.2, 0.25) is 0 Å². The molecule has 0 amide bonds. The molecule has 1 unspecified atom stereocenters. The third-order valence-corrected chi connectivity index (χ3v) is 1.71. The van der Waals surface area contributed by atoms with Crippen LogP contribution in [0.25, 0.3) is 0 Å². The highest BCUT2D eigenvalue weighted by atomic mass is 14.8. The Balaban J connectivity index is 2.75. The van der Waals surface area contributed by atoms with Crippen molar-refractivity contribution in [3.63, 3.8) is 0 Å². The summed E-state index contributed by atoms with van der Waals surface area (Å²) in [5.41, 5.74) is 4.23. The fourth-order valence-corrected chi connectivity index (χ4v) is 0.994. The summed E-state index contributed by atoms with van der Waals surface area (Å²) in [4.78, 5) is 4.25. The van der Waals surface area contributed by atoms with Gasteiger partial charge in [0.25, 0.3) is 0 Å². The van der Waals surface area contributed by atoms with E-state index < -0.39 is 0 Å². The molecule has 1 aliphatic heterocycles. The minimum Gasteiger partial charge on any atom is -0.285 e. The predicted molar refractivity (Wildman–Crippen MR) is 53.5 cm³/mol. The Morgan fingerprint density at radius 2 is 2.42 bits per heavy atom. The van der Waals surface area contributed by atoms with E-state index in [2.05, 4.69) is 23.7 Å². The number of hydrogen-bond donors (Lipinski definition) is 0. The molecule has 1 aliphatic rings. The van der Waals surface area contributed by atoms with Gasteiger partial charge in [-0.15, -0.1) is 5.73 Å². The summed E-state index contributed by atoms with van der Waals surface area (Å²) < 4.78 is 0. The summed E-state index contributed by atoms with van der Waals surface area (Å²) in [6, 6.07) is 0.282. The molecule has 0 spiro atoms. The van der Waals surface area contributed by atoms with E-state index in [-0.39, 0.29) is 6.04 Å². The molecule has 62 valence electrons. The lowest BCUT2D eigenvalue weighted by molar-refractivity contribution is 0.886. The maximum absolute atomic E-state index is 4.25. The van der Waals surface area contributed by atoms with E-state index in [9.17, 15) is 0 Å². The molecule has 0 saturated carbocycles. The van der Waals surface area contributed by atoms with Crippen LogP contribution < -0.4 is 0 Å². The monoisotopic (exact) mass is 159 g/mol. The molecule has 1 nitrogen and oxygen atoms in total. The minimum absolute atomic E-state index is 0.282. The fraction of sp³-hybridized carbons (Fsp3) is 0.273. The van der Waals surface area contributed by atoms with Crippen molar-refractivity contribution in [1.29, 1.82) is 0 Å². The van der Waals surface area contributed by atoms with Gasteiger partial charge in [0, 0.05) is 6.21 Å². The van der Waals surface area contributed by atoms with Crippen molar-refractivity contribution in [2.24, 2.45) is 4.99 Å². The van der Waals surface area contributed by atoms with E-state index in [4.69, 9.17) is 0 Å². The van der Waals surface area contributed by atoms with Crippen molar-refractivity contribution >= 4 is 6.21 Å². The van der Waals surface area contributed by atoms with Crippen LogP contribution in [0.3, 0.4) is 0 Å². The molecule has 12 heavy (non-hydrogen) atoms.